The Kier molecular flexibility index (Phi) is 7.92. The van der Waals surface area contributed by atoms with Gasteiger partial charge in [0.05, 0.1) is 11.7 Å². The maximum atomic E-state index is 8.76. The van der Waals surface area contributed by atoms with Gasteiger partial charge in [-0.3, -0.25) is 0 Å². The molecule has 0 aliphatic heterocycles. The van der Waals surface area contributed by atoms with Crippen molar-refractivity contribution in [3.8, 4) is 0 Å². The second kappa shape index (κ2) is 10.7. The molecule has 1 unspecified atom stereocenters. The van der Waals surface area contributed by atoms with Crippen LogP contribution in [0.1, 0.15) is 36.9 Å². The van der Waals surface area contributed by atoms with Crippen molar-refractivity contribution in [1.29, 1.82) is 5.41 Å². The number of likely N-dealkylation sites (N-methyl/N-ethyl adjacent to an activating group) is 2. The monoisotopic (exact) mass is 464 g/mol. The van der Waals surface area contributed by atoms with Gasteiger partial charge in [-0.15, -0.1) is 5.10 Å². The fourth-order valence-electron chi connectivity index (χ4n) is 4.16. The van der Waals surface area contributed by atoms with Crippen LogP contribution in [0.5, 0.6) is 0 Å². The molecular weight excluding hydrogens is 432 g/mol. The molecule has 1 aromatic heterocycles. The molecule has 2 N–H and O–H groups in total. The molecule has 0 amide bonds. The molecule has 33 heavy (non-hydrogen) atoms. The first-order chi connectivity index (χ1) is 15.9. The standard InChI is InChI=1S/C26H33ClN6/c1-7-22(23(28)18-9-10-18)24(29-4)25(19-11-13-20(27)14-12-19)32(6)21-15-17(3)26(31-30-5)33(8-2)16-21/h7,11-16,18,25,28-29H,1,5,8-10H2,2-4,6H3/b24-22-,28-23?,31-26-. The van der Waals surface area contributed by atoms with Gasteiger partial charge in [-0.25, -0.2) is 0 Å². The summed E-state index contributed by atoms with van der Waals surface area (Å²) in [6.45, 7) is 12.4. The molecule has 1 atom stereocenters. The third kappa shape index (κ3) is 5.28. The Labute approximate surface area is 201 Å². The minimum atomic E-state index is -0.176. The summed E-state index contributed by atoms with van der Waals surface area (Å²) in [7, 11) is 3.97. The van der Waals surface area contributed by atoms with Gasteiger partial charge in [0.2, 0.25) is 0 Å². The van der Waals surface area contributed by atoms with Gasteiger partial charge in [0.25, 0.3) is 0 Å². The van der Waals surface area contributed by atoms with Gasteiger partial charge in [0, 0.05) is 61.5 Å². The highest BCUT2D eigenvalue weighted by Gasteiger charge is 2.32. The quantitative estimate of drug-likeness (QED) is 0.286. The second-order valence-electron chi connectivity index (χ2n) is 8.27. The van der Waals surface area contributed by atoms with E-state index in [9.17, 15) is 0 Å². The summed E-state index contributed by atoms with van der Waals surface area (Å²) >= 11 is 6.20. The SMILES string of the molecule is C=C/C(C(=N)C1CC1)=C(/NC)C(c1ccc(Cl)cc1)N(C)c1cc(C)/c(=N/N=C)n(CC)c1. The van der Waals surface area contributed by atoms with Crippen LogP contribution in [0.25, 0.3) is 0 Å². The summed E-state index contributed by atoms with van der Waals surface area (Å²) in [4.78, 5) is 2.21. The van der Waals surface area contributed by atoms with Gasteiger partial charge in [-0.05, 0) is 56.0 Å². The van der Waals surface area contributed by atoms with E-state index < -0.39 is 0 Å². The van der Waals surface area contributed by atoms with Crippen LogP contribution in [-0.2, 0) is 6.54 Å². The number of aryl methyl sites for hydroxylation is 2. The minimum absolute atomic E-state index is 0.176. The molecule has 1 aliphatic carbocycles. The number of hydrogen-bond donors (Lipinski definition) is 2. The molecule has 0 saturated heterocycles. The summed E-state index contributed by atoms with van der Waals surface area (Å²) in [5, 5.41) is 20.8. The lowest BCUT2D eigenvalue weighted by molar-refractivity contribution is 0.673. The third-order valence-corrected chi connectivity index (χ3v) is 6.33. The maximum absolute atomic E-state index is 8.76. The topological polar surface area (TPSA) is 68.8 Å². The molecule has 1 heterocycles. The van der Waals surface area contributed by atoms with Crippen molar-refractivity contribution in [3.05, 3.63) is 82.1 Å². The zero-order chi connectivity index (χ0) is 24.1. The number of hydrogen-bond acceptors (Lipinski definition) is 5. The molecule has 1 saturated carbocycles. The first-order valence-corrected chi connectivity index (χ1v) is 11.6. The smallest absolute Gasteiger partial charge is 0.158 e. The van der Waals surface area contributed by atoms with Crippen molar-refractivity contribution >= 4 is 29.7 Å². The largest absolute Gasteiger partial charge is 0.389 e. The van der Waals surface area contributed by atoms with Gasteiger partial charge in [0.15, 0.2) is 5.49 Å². The van der Waals surface area contributed by atoms with E-state index in [-0.39, 0.29) is 6.04 Å². The van der Waals surface area contributed by atoms with E-state index in [1.54, 1.807) is 6.08 Å². The van der Waals surface area contributed by atoms with Crippen LogP contribution >= 0.6 is 11.6 Å². The van der Waals surface area contributed by atoms with Crippen LogP contribution in [0, 0.1) is 18.3 Å². The number of rotatable bonds is 10. The van der Waals surface area contributed by atoms with Crippen molar-refractivity contribution in [2.24, 2.45) is 16.1 Å². The first-order valence-electron chi connectivity index (χ1n) is 11.2. The normalized spacial score (nSPS) is 15.5. The molecule has 1 fully saturated rings. The van der Waals surface area contributed by atoms with Crippen LogP contribution in [0.3, 0.4) is 0 Å². The van der Waals surface area contributed by atoms with Crippen LogP contribution in [-0.4, -0.2) is 31.1 Å². The Hall–Kier alpha value is -3.12. The average Bonchev–Trinajstić information content (AvgIpc) is 3.66. The number of aromatic nitrogens is 1. The van der Waals surface area contributed by atoms with E-state index >= 15 is 0 Å². The Morgan fingerprint density at radius 2 is 2.03 bits per heavy atom. The molecule has 1 aliphatic rings. The Morgan fingerprint density at radius 1 is 1.36 bits per heavy atom. The number of halogens is 1. The number of benzene rings is 1. The van der Waals surface area contributed by atoms with Gasteiger partial charge >= 0.3 is 0 Å². The van der Waals surface area contributed by atoms with Gasteiger partial charge in [0.1, 0.15) is 0 Å². The third-order valence-electron chi connectivity index (χ3n) is 6.08. The van der Waals surface area contributed by atoms with Gasteiger partial charge in [-0.2, -0.15) is 5.10 Å². The average molecular weight is 465 g/mol. The molecule has 174 valence electrons. The van der Waals surface area contributed by atoms with Gasteiger partial charge < -0.3 is 20.2 Å². The van der Waals surface area contributed by atoms with Crippen LogP contribution in [0.4, 0.5) is 5.69 Å². The lowest BCUT2D eigenvalue weighted by Crippen LogP contribution is -2.34. The number of anilines is 1. The highest BCUT2D eigenvalue weighted by Crippen LogP contribution is 2.37. The van der Waals surface area contributed by atoms with Crippen molar-refractivity contribution in [1.82, 2.24) is 9.88 Å². The van der Waals surface area contributed by atoms with E-state index in [1.807, 2.05) is 38.2 Å². The molecular formula is C26H33ClN6. The second-order valence-corrected chi connectivity index (χ2v) is 8.70. The molecule has 1 aromatic carbocycles. The Bertz CT molecular complexity index is 1140. The minimum Gasteiger partial charge on any atom is -0.389 e. The molecule has 0 radical (unpaired) electrons. The number of pyridine rings is 1. The molecule has 0 bridgehead atoms. The lowest BCUT2D eigenvalue weighted by atomic mass is 9.94. The zero-order valence-electron chi connectivity index (χ0n) is 19.9. The summed E-state index contributed by atoms with van der Waals surface area (Å²) in [5.41, 5.74) is 6.33. The van der Waals surface area contributed by atoms with Crippen molar-refractivity contribution in [2.45, 2.75) is 39.3 Å². The maximum Gasteiger partial charge on any atom is 0.158 e. The molecule has 0 spiro atoms. The fourth-order valence-corrected chi connectivity index (χ4v) is 4.29. The van der Waals surface area contributed by atoms with E-state index in [1.165, 1.54) is 0 Å². The van der Waals surface area contributed by atoms with Crippen LogP contribution in [0.2, 0.25) is 5.02 Å². The predicted molar refractivity (Wildman–Crippen MR) is 139 cm³/mol. The van der Waals surface area contributed by atoms with Crippen molar-refractivity contribution < 1.29 is 0 Å². The van der Waals surface area contributed by atoms with Gasteiger partial charge in [-0.1, -0.05) is 36.4 Å². The summed E-state index contributed by atoms with van der Waals surface area (Å²) < 4.78 is 2.07. The fraction of sp³-hybridized carbons (Fsp3) is 0.346. The van der Waals surface area contributed by atoms with E-state index in [4.69, 9.17) is 17.0 Å². The van der Waals surface area contributed by atoms with E-state index in [0.29, 0.717) is 16.7 Å². The number of nitrogens with one attached hydrogen (secondary N) is 2. The Balaban J connectivity index is 2.21. The predicted octanol–water partition coefficient (Wildman–Crippen LogP) is 5.25. The Morgan fingerprint density at radius 3 is 2.55 bits per heavy atom. The van der Waals surface area contributed by atoms with E-state index in [2.05, 4.69) is 64.5 Å². The van der Waals surface area contributed by atoms with Crippen molar-refractivity contribution in [3.63, 3.8) is 0 Å². The van der Waals surface area contributed by atoms with Crippen LogP contribution in [0.15, 0.2) is 70.7 Å². The summed E-state index contributed by atoms with van der Waals surface area (Å²) in [6.07, 6.45) is 6.00. The summed E-state index contributed by atoms with van der Waals surface area (Å²) in [6, 6.07) is 9.80. The highest BCUT2D eigenvalue weighted by atomic mass is 35.5. The molecule has 6 nitrogen and oxygen atoms in total. The van der Waals surface area contributed by atoms with E-state index in [0.717, 1.165) is 53.0 Å². The summed E-state index contributed by atoms with van der Waals surface area (Å²) in [5.74, 6) is 0.314. The lowest BCUT2D eigenvalue weighted by Gasteiger charge is -2.34. The molecule has 7 heteroatoms. The first kappa shape index (κ1) is 24.5. The van der Waals surface area contributed by atoms with Crippen molar-refractivity contribution in [2.75, 3.05) is 19.0 Å². The number of allylic oxidation sites excluding steroid dienone is 2. The zero-order valence-corrected chi connectivity index (χ0v) is 20.7. The highest BCUT2D eigenvalue weighted by molar-refractivity contribution is 6.30. The van der Waals surface area contributed by atoms with Crippen LogP contribution < -0.4 is 15.7 Å². The number of nitrogens with zero attached hydrogens (tertiary/aromatic N) is 4. The molecule has 2 aromatic rings. The molecule has 3 rings (SSSR count).